The quantitative estimate of drug-likeness (QED) is 0.413. The van der Waals surface area contributed by atoms with Crippen LogP contribution in [0.4, 0.5) is 0 Å². The monoisotopic (exact) mass is 400 g/mol. The molecule has 0 amide bonds. The number of aliphatic hydroxyl groups is 1. The van der Waals surface area contributed by atoms with Crippen molar-refractivity contribution >= 4 is 28.7 Å². The maximum atomic E-state index is 11.6. The molecule has 5 atom stereocenters. The average Bonchev–Trinajstić information content (AvgIpc) is 3.16. The number of carbonyl (C=O) groups is 1. The lowest BCUT2D eigenvalue weighted by atomic mass is 10.1. The van der Waals surface area contributed by atoms with Gasteiger partial charge in [-0.25, -0.2) is 15.0 Å². The summed E-state index contributed by atoms with van der Waals surface area (Å²) in [6.45, 7) is 5.00. The van der Waals surface area contributed by atoms with Crippen molar-refractivity contribution < 1.29 is 28.8 Å². The van der Waals surface area contributed by atoms with Crippen molar-refractivity contribution in [1.82, 2.24) is 19.5 Å². The average molecular weight is 401 g/mol. The second-order valence-corrected chi connectivity index (χ2v) is 6.34. The summed E-state index contributed by atoms with van der Waals surface area (Å²) in [5, 5.41) is 9.63. The van der Waals surface area contributed by atoms with E-state index in [1.54, 1.807) is 4.57 Å². The zero-order chi connectivity index (χ0) is 19.6. The molecule has 2 aromatic rings. The van der Waals surface area contributed by atoms with E-state index >= 15 is 0 Å². The molecule has 148 valence electrons. The molecule has 0 radical (unpaired) electrons. The molecule has 27 heavy (non-hydrogen) atoms. The third-order valence-corrected chi connectivity index (χ3v) is 4.31. The van der Waals surface area contributed by atoms with Crippen molar-refractivity contribution in [3.8, 4) is 0 Å². The summed E-state index contributed by atoms with van der Waals surface area (Å²) in [5.74, 6) is -0.475. The molecule has 3 rings (SSSR count). The normalized spacial score (nSPS) is 26.4. The second kappa shape index (κ2) is 8.44. The van der Waals surface area contributed by atoms with Crippen LogP contribution in [0.2, 0.25) is 5.15 Å². The fourth-order valence-electron chi connectivity index (χ4n) is 3.01. The van der Waals surface area contributed by atoms with Crippen LogP contribution in [0.3, 0.4) is 0 Å². The van der Waals surface area contributed by atoms with E-state index < -0.39 is 36.8 Å². The summed E-state index contributed by atoms with van der Waals surface area (Å²) < 4.78 is 24.2. The number of aliphatic hydroxyl groups excluding tert-OH is 1. The summed E-state index contributed by atoms with van der Waals surface area (Å²) in [7, 11) is 0. The highest BCUT2D eigenvalue weighted by atomic mass is 35.5. The van der Waals surface area contributed by atoms with Crippen molar-refractivity contribution in [3.63, 3.8) is 0 Å². The Labute approximate surface area is 160 Å². The van der Waals surface area contributed by atoms with Crippen LogP contribution >= 0.6 is 11.6 Å². The highest BCUT2D eigenvalue weighted by Gasteiger charge is 2.49. The van der Waals surface area contributed by atoms with Crippen LogP contribution in [0.25, 0.3) is 11.2 Å². The van der Waals surface area contributed by atoms with E-state index in [0.29, 0.717) is 17.8 Å². The number of imidazole rings is 1. The summed E-state index contributed by atoms with van der Waals surface area (Å²) in [6.07, 6.45) is -0.853. The first-order chi connectivity index (χ1) is 12.9. The van der Waals surface area contributed by atoms with Gasteiger partial charge in [0.15, 0.2) is 29.4 Å². The number of esters is 1. The van der Waals surface area contributed by atoms with Gasteiger partial charge in [0, 0.05) is 13.5 Å². The van der Waals surface area contributed by atoms with Crippen LogP contribution in [-0.4, -0.2) is 68.4 Å². The van der Waals surface area contributed by atoms with Crippen molar-refractivity contribution in [1.29, 1.82) is 0 Å². The van der Waals surface area contributed by atoms with Gasteiger partial charge in [0.1, 0.15) is 24.1 Å². The zero-order valence-electron chi connectivity index (χ0n) is 15.1. The fraction of sp³-hybridized carbons (Fsp3) is 0.625. The molecule has 3 heterocycles. The zero-order valence-corrected chi connectivity index (χ0v) is 15.9. The Kier molecular flexibility index (Phi) is 6.22. The Morgan fingerprint density at radius 2 is 2.19 bits per heavy atom. The molecule has 0 bridgehead atoms. The molecule has 11 heteroatoms. The largest absolute Gasteiger partial charge is 0.457 e. The fourth-order valence-corrected chi connectivity index (χ4v) is 3.19. The Hall–Kier alpha value is -1.85. The number of halogens is 1. The smallest absolute Gasteiger partial charge is 0.303 e. The van der Waals surface area contributed by atoms with Gasteiger partial charge in [0.2, 0.25) is 0 Å². The minimum atomic E-state index is -0.989. The van der Waals surface area contributed by atoms with E-state index in [4.69, 9.17) is 30.5 Å². The molecule has 1 N–H and O–H groups in total. The van der Waals surface area contributed by atoms with Gasteiger partial charge >= 0.3 is 5.97 Å². The maximum Gasteiger partial charge on any atom is 0.303 e. The second-order valence-electron chi connectivity index (χ2n) is 5.98. The Bertz CT molecular complexity index is 800. The topological polar surface area (TPSA) is 118 Å². The van der Waals surface area contributed by atoms with E-state index in [2.05, 4.69) is 15.0 Å². The number of aromatic nitrogens is 4. The van der Waals surface area contributed by atoms with Crippen molar-refractivity contribution in [3.05, 3.63) is 17.8 Å². The minimum Gasteiger partial charge on any atom is -0.457 e. The van der Waals surface area contributed by atoms with Gasteiger partial charge < -0.3 is 24.1 Å². The first-order valence-corrected chi connectivity index (χ1v) is 8.87. The van der Waals surface area contributed by atoms with Gasteiger partial charge in [-0.1, -0.05) is 11.6 Å². The number of nitrogens with zero attached hydrogens (tertiary/aromatic N) is 4. The highest BCUT2D eigenvalue weighted by molar-refractivity contribution is 6.33. The first-order valence-electron chi connectivity index (χ1n) is 8.49. The third-order valence-electron chi connectivity index (χ3n) is 4.04. The minimum absolute atomic E-state index is 0.0120. The Morgan fingerprint density at radius 1 is 1.41 bits per heavy atom. The lowest BCUT2D eigenvalue weighted by molar-refractivity contribution is -0.161. The van der Waals surface area contributed by atoms with Crippen LogP contribution in [0.1, 0.15) is 27.0 Å². The molecule has 2 aromatic heterocycles. The van der Waals surface area contributed by atoms with Crippen LogP contribution in [-0.2, 0) is 23.7 Å². The van der Waals surface area contributed by atoms with E-state index in [9.17, 15) is 9.90 Å². The number of carbonyl (C=O) groups excluding carboxylic acids is 1. The molecule has 4 unspecified atom stereocenters. The summed E-state index contributed by atoms with van der Waals surface area (Å²) >= 11 is 6.07. The SMILES string of the molecule is CCOC1C(OC(C)=O)C(CO[C@@H](C)O)OC1n1cnc2c(Cl)ncnc21. The molecule has 1 aliphatic heterocycles. The van der Waals surface area contributed by atoms with E-state index in [1.165, 1.54) is 26.5 Å². The Morgan fingerprint density at radius 3 is 2.85 bits per heavy atom. The summed E-state index contributed by atoms with van der Waals surface area (Å²) in [4.78, 5) is 24.0. The number of hydrogen-bond donors (Lipinski definition) is 1. The number of fused-ring (bicyclic) bond motifs is 1. The van der Waals surface area contributed by atoms with Gasteiger partial charge in [-0.2, -0.15) is 0 Å². The van der Waals surface area contributed by atoms with Gasteiger partial charge in [-0.3, -0.25) is 9.36 Å². The molecule has 0 aromatic carbocycles. The first kappa shape index (κ1) is 19.9. The molecule has 0 aliphatic carbocycles. The number of rotatable bonds is 7. The van der Waals surface area contributed by atoms with Crippen LogP contribution in [0.15, 0.2) is 12.7 Å². The maximum absolute atomic E-state index is 11.6. The number of hydrogen-bond acceptors (Lipinski definition) is 9. The molecule has 1 aliphatic rings. The van der Waals surface area contributed by atoms with Gasteiger partial charge in [0.05, 0.1) is 12.9 Å². The third kappa shape index (κ3) is 4.19. The van der Waals surface area contributed by atoms with Crippen LogP contribution in [0, 0.1) is 0 Å². The van der Waals surface area contributed by atoms with Gasteiger partial charge in [-0.15, -0.1) is 0 Å². The number of ether oxygens (including phenoxy) is 4. The van der Waals surface area contributed by atoms with Crippen molar-refractivity contribution in [2.24, 2.45) is 0 Å². The van der Waals surface area contributed by atoms with Crippen LogP contribution < -0.4 is 0 Å². The Balaban J connectivity index is 1.96. The van der Waals surface area contributed by atoms with E-state index in [0.717, 1.165) is 0 Å². The predicted octanol–water partition coefficient (Wildman–Crippen LogP) is 1.07. The molecule has 10 nitrogen and oxygen atoms in total. The highest BCUT2D eigenvalue weighted by Crippen LogP contribution is 2.36. The predicted molar refractivity (Wildman–Crippen MR) is 92.8 cm³/mol. The summed E-state index contributed by atoms with van der Waals surface area (Å²) in [5.41, 5.74) is 0.883. The summed E-state index contributed by atoms with van der Waals surface area (Å²) in [6, 6.07) is 0. The molecule has 0 saturated carbocycles. The molecular weight excluding hydrogens is 380 g/mol. The molecule has 1 saturated heterocycles. The van der Waals surface area contributed by atoms with Crippen molar-refractivity contribution in [2.75, 3.05) is 13.2 Å². The van der Waals surface area contributed by atoms with Gasteiger partial charge in [-0.05, 0) is 13.8 Å². The lowest BCUT2D eigenvalue weighted by Gasteiger charge is -2.24. The van der Waals surface area contributed by atoms with Crippen LogP contribution in [0.5, 0.6) is 0 Å². The van der Waals surface area contributed by atoms with E-state index in [-0.39, 0.29) is 11.8 Å². The molecule has 0 spiro atoms. The lowest BCUT2D eigenvalue weighted by Crippen LogP contribution is -2.40. The molecule has 1 fully saturated rings. The van der Waals surface area contributed by atoms with Crippen molar-refractivity contribution in [2.45, 2.75) is 51.6 Å². The standard InChI is InChI=1S/C16H21ClN4O6/c1-4-24-13-12(26-9(3)23)10(5-25-8(2)22)27-16(13)21-7-20-11-14(17)18-6-19-15(11)21/h6-8,10,12-13,16,22H,4-5H2,1-3H3/t8-,10?,12?,13?,16?/m0/s1. The molecular formula is C16H21ClN4O6. The van der Waals surface area contributed by atoms with E-state index in [1.807, 2.05) is 6.92 Å². The van der Waals surface area contributed by atoms with Gasteiger partial charge in [0.25, 0.3) is 0 Å².